The van der Waals surface area contributed by atoms with Gasteiger partial charge >= 0.3 is 11.9 Å². The Bertz CT molecular complexity index is 385. The lowest BCUT2D eigenvalue weighted by Gasteiger charge is -2.41. The van der Waals surface area contributed by atoms with E-state index in [2.05, 4.69) is 46.3 Å². The largest absolute Gasteiger partial charge is 0.469 e. The Morgan fingerprint density at radius 3 is 1.58 bits per heavy atom. The lowest BCUT2D eigenvalue weighted by molar-refractivity contribution is -0.151. The Balaban J connectivity index is 3.99. The van der Waals surface area contributed by atoms with Crippen LogP contribution in [0.25, 0.3) is 0 Å². The van der Waals surface area contributed by atoms with Crippen molar-refractivity contribution in [3.05, 3.63) is 0 Å². The molecule has 0 radical (unpaired) electrons. The minimum atomic E-state index is -1.98. The van der Waals surface area contributed by atoms with E-state index in [1.165, 1.54) is 7.11 Å². The molecule has 0 rings (SSSR count). The minimum Gasteiger partial charge on any atom is -0.469 e. The average Bonchev–Trinajstić information content (AvgIpc) is 2.56. The van der Waals surface area contributed by atoms with Crippen LogP contribution < -0.4 is 0 Å². The Morgan fingerprint density at radius 2 is 1.15 bits per heavy atom. The number of rotatable bonds is 14. The molecule has 6 heteroatoms. The fourth-order valence-electron chi connectivity index (χ4n) is 3.94. The van der Waals surface area contributed by atoms with Crippen LogP contribution in [0.4, 0.5) is 0 Å². The van der Waals surface area contributed by atoms with E-state index in [1.54, 1.807) is 0 Å². The highest BCUT2D eigenvalue weighted by Gasteiger charge is 2.45. The van der Waals surface area contributed by atoms with Gasteiger partial charge < -0.3 is 13.9 Å². The van der Waals surface area contributed by atoms with Crippen molar-refractivity contribution < 1.29 is 23.5 Å². The van der Waals surface area contributed by atoms with E-state index < -0.39 is 8.32 Å². The van der Waals surface area contributed by atoms with Crippen molar-refractivity contribution in [3.8, 4) is 0 Å². The first-order valence-electron chi connectivity index (χ1n) is 10.0. The molecule has 0 saturated heterocycles. The molecule has 0 amide bonds. The van der Waals surface area contributed by atoms with Gasteiger partial charge in [0, 0.05) is 12.8 Å². The van der Waals surface area contributed by atoms with Gasteiger partial charge in [0.15, 0.2) is 6.79 Å². The molecule has 0 aliphatic carbocycles. The normalized spacial score (nSPS) is 12.1. The standard InChI is InChI=1S/C20H40O5Si/c1-16(2)26(17(3)4,18(5)6)25-15-24-20(22)14-12-10-8-9-11-13-19(21)23-7/h16-18H,8-15H2,1-7H3. The molecule has 0 unspecified atom stereocenters. The Hall–Kier alpha value is -0.883. The van der Waals surface area contributed by atoms with Crippen LogP contribution in [0.15, 0.2) is 0 Å². The lowest BCUT2D eigenvalue weighted by Crippen LogP contribution is -2.48. The molecule has 26 heavy (non-hydrogen) atoms. The summed E-state index contributed by atoms with van der Waals surface area (Å²) in [6, 6.07) is 0. The van der Waals surface area contributed by atoms with E-state index in [-0.39, 0.29) is 18.7 Å². The van der Waals surface area contributed by atoms with Crippen LogP contribution in [0.5, 0.6) is 0 Å². The number of carbonyl (C=O) groups excluding carboxylic acids is 2. The summed E-state index contributed by atoms with van der Waals surface area (Å²) in [5.74, 6) is -0.337. The van der Waals surface area contributed by atoms with Crippen LogP contribution in [0.3, 0.4) is 0 Å². The molecule has 5 nitrogen and oxygen atoms in total. The van der Waals surface area contributed by atoms with Gasteiger partial charge in [0.25, 0.3) is 0 Å². The van der Waals surface area contributed by atoms with Gasteiger partial charge in [0.05, 0.1) is 7.11 Å². The SMILES string of the molecule is COC(=O)CCCCCCCC(=O)OCO[Si](C(C)C)(C(C)C)C(C)C. The summed E-state index contributed by atoms with van der Waals surface area (Å²) < 4.78 is 16.2. The molecule has 0 fully saturated rings. The molecular formula is C20H40O5Si. The molecule has 0 aromatic heterocycles. The van der Waals surface area contributed by atoms with Gasteiger partial charge in [-0.1, -0.05) is 60.8 Å². The van der Waals surface area contributed by atoms with Gasteiger partial charge in [-0.15, -0.1) is 0 Å². The fraction of sp³-hybridized carbons (Fsp3) is 0.900. The summed E-state index contributed by atoms with van der Waals surface area (Å²) in [4.78, 5) is 22.9. The van der Waals surface area contributed by atoms with Gasteiger partial charge in [-0.25, -0.2) is 0 Å². The zero-order valence-electron chi connectivity index (χ0n) is 17.9. The number of methoxy groups -OCH3 is 1. The van der Waals surface area contributed by atoms with Crippen LogP contribution in [0, 0.1) is 0 Å². The summed E-state index contributed by atoms with van der Waals surface area (Å²) in [5, 5.41) is 0. The molecule has 0 saturated carbocycles. The topological polar surface area (TPSA) is 61.8 Å². The summed E-state index contributed by atoms with van der Waals surface area (Å²) in [7, 11) is -0.565. The van der Waals surface area contributed by atoms with Crippen molar-refractivity contribution in [3.63, 3.8) is 0 Å². The molecule has 0 aromatic rings. The minimum absolute atomic E-state index is 0.0821. The van der Waals surface area contributed by atoms with Gasteiger partial charge in [0.1, 0.15) is 0 Å². The number of carbonyl (C=O) groups is 2. The molecular weight excluding hydrogens is 348 g/mol. The predicted octanol–water partition coefficient (Wildman–Crippen LogP) is 5.58. The summed E-state index contributed by atoms with van der Waals surface area (Å²) in [6.07, 6.45) is 5.54. The first-order chi connectivity index (χ1) is 12.2. The second-order valence-corrected chi connectivity index (χ2v) is 13.4. The Labute approximate surface area is 161 Å². The molecule has 154 valence electrons. The smallest absolute Gasteiger partial charge is 0.307 e. The van der Waals surface area contributed by atoms with Crippen LogP contribution in [-0.2, 0) is 23.5 Å². The number of hydrogen-bond donors (Lipinski definition) is 0. The van der Waals surface area contributed by atoms with Crippen molar-refractivity contribution in [2.75, 3.05) is 13.9 Å². The van der Waals surface area contributed by atoms with Gasteiger partial charge in [-0.2, -0.15) is 0 Å². The molecule has 0 aromatic carbocycles. The van der Waals surface area contributed by atoms with E-state index in [0.29, 0.717) is 29.5 Å². The van der Waals surface area contributed by atoms with E-state index in [4.69, 9.17) is 9.16 Å². The Kier molecular flexibility index (Phi) is 12.9. The molecule has 0 aliphatic heterocycles. The second kappa shape index (κ2) is 13.3. The van der Waals surface area contributed by atoms with E-state index in [9.17, 15) is 9.59 Å². The first-order valence-corrected chi connectivity index (χ1v) is 12.2. The van der Waals surface area contributed by atoms with Crippen molar-refractivity contribution in [2.45, 2.75) is 103 Å². The maximum absolute atomic E-state index is 11.9. The fourth-order valence-corrected chi connectivity index (χ4v) is 9.20. The monoisotopic (exact) mass is 388 g/mol. The average molecular weight is 389 g/mol. The molecule has 0 heterocycles. The number of ether oxygens (including phenoxy) is 2. The molecule has 0 N–H and O–H groups in total. The van der Waals surface area contributed by atoms with Crippen LogP contribution in [0.1, 0.15) is 86.5 Å². The summed E-state index contributed by atoms with van der Waals surface area (Å²) in [5.41, 5.74) is 1.43. The van der Waals surface area contributed by atoms with E-state index in [0.717, 1.165) is 32.1 Å². The van der Waals surface area contributed by atoms with Crippen molar-refractivity contribution in [1.29, 1.82) is 0 Å². The third-order valence-electron chi connectivity index (χ3n) is 5.23. The molecule has 0 spiro atoms. The quantitative estimate of drug-likeness (QED) is 0.168. The maximum Gasteiger partial charge on any atom is 0.307 e. The molecule has 0 bridgehead atoms. The van der Waals surface area contributed by atoms with Crippen molar-refractivity contribution in [2.24, 2.45) is 0 Å². The second-order valence-electron chi connectivity index (χ2n) is 7.94. The number of hydrogen-bond acceptors (Lipinski definition) is 5. The third-order valence-corrected chi connectivity index (χ3v) is 11.3. The summed E-state index contributed by atoms with van der Waals surface area (Å²) in [6.45, 7) is 13.4. The highest BCUT2D eigenvalue weighted by molar-refractivity contribution is 6.77. The van der Waals surface area contributed by atoms with E-state index in [1.807, 2.05) is 0 Å². The van der Waals surface area contributed by atoms with Crippen LogP contribution in [0.2, 0.25) is 16.6 Å². The molecule has 0 aliphatic rings. The molecule has 0 atom stereocenters. The highest BCUT2D eigenvalue weighted by Crippen LogP contribution is 2.42. The van der Waals surface area contributed by atoms with Crippen molar-refractivity contribution in [1.82, 2.24) is 0 Å². The van der Waals surface area contributed by atoms with Crippen LogP contribution >= 0.6 is 0 Å². The first kappa shape index (κ1) is 25.1. The lowest BCUT2D eigenvalue weighted by atomic mass is 10.1. The third kappa shape index (κ3) is 8.67. The number of esters is 2. The maximum atomic E-state index is 11.9. The van der Waals surface area contributed by atoms with Gasteiger partial charge in [-0.3, -0.25) is 9.59 Å². The summed E-state index contributed by atoms with van der Waals surface area (Å²) >= 11 is 0. The highest BCUT2D eigenvalue weighted by atomic mass is 28.4. The van der Waals surface area contributed by atoms with E-state index >= 15 is 0 Å². The zero-order chi connectivity index (χ0) is 20.2. The number of unbranched alkanes of at least 4 members (excludes halogenated alkanes) is 4. The van der Waals surface area contributed by atoms with Crippen molar-refractivity contribution >= 4 is 20.3 Å². The predicted molar refractivity (Wildman–Crippen MR) is 107 cm³/mol. The van der Waals surface area contributed by atoms with Gasteiger partial charge in [-0.05, 0) is 29.5 Å². The Morgan fingerprint density at radius 1 is 0.731 bits per heavy atom. The zero-order valence-corrected chi connectivity index (χ0v) is 18.9. The van der Waals surface area contributed by atoms with Gasteiger partial charge in [0.2, 0.25) is 8.32 Å². The van der Waals surface area contributed by atoms with Crippen LogP contribution in [-0.4, -0.2) is 34.2 Å².